The summed E-state index contributed by atoms with van der Waals surface area (Å²) in [5.74, 6) is 0.751. The largest absolute Gasteiger partial charge is 0.485 e. The number of aromatic nitrogens is 3. The van der Waals surface area contributed by atoms with E-state index < -0.39 is 29.0 Å². The number of imide groups is 1. The molecule has 1 fully saturated rings. The Kier molecular flexibility index (Phi) is 6.08. The van der Waals surface area contributed by atoms with E-state index in [0.29, 0.717) is 28.9 Å². The minimum Gasteiger partial charge on any atom is -0.485 e. The zero-order valence-corrected chi connectivity index (χ0v) is 23.9. The summed E-state index contributed by atoms with van der Waals surface area (Å²) in [4.78, 5) is 37.0. The van der Waals surface area contributed by atoms with E-state index in [9.17, 15) is 9.59 Å². The Morgan fingerprint density at radius 3 is 2.21 bits per heavy atom. The first-order chi connectivity index (χ1) is 18.0. The van der Waals surface area contributed by atoms with Crippen molar-refractivity contribution in [2.24, 2.45) is 0 Å². The van der Waals surface area contributed by atoms with Gasteiger partial charge >= 0.3 is 12.2 Å². The Bertz CT molecular complexity index is 1450. The maximum Gasteiger partial charge on any atom is 0.425 e. The van der Waals surface area contributed by atoms with E-state index in [-0.39, 0.29) is 11.9 Å². The van der Waals surface area contributed by atoms with Crippen molar-refractivity contribution in [1.82, 2.24) is 14.5 Å². The summed E-state index contributed by atoms with van der Waals surface area (Å²) in [6, 6.07) is 4.04. The molecule has 2 aromatic heterocycles. The van der Waals surface area contributed by atoms with Gasteiger partial charge in [-0.15, -0.1) is 0 Å². The molecule has 2 aliphatic rings. The minimum atomic E-state index is -0.881. The van der Waals surface area contributed by atoms with E-state index in [4.69, 9.17) is 19.9 Å². The second kappa shape index (κ2) is 8.86. The highest BCUT2D eigenvalue weighted by atomic mass is 16.6. The fourth-order valence-electron chi connectivity index (χ4n) is 4.87. The first kappa shape index (κ1) is 26.8. The van der Waals surface area contributed by atoms with Gasteiger partial charge in [-0.3, -0.25) is 0 Å². The normalized spacial score (nSPS) is 16.5. The third kappa shape index (κ3) is 5.24. The van der Waals surface area contributed by atoms with Crippen molar-refractivity contribution in [2.45, 2.75) is 97.5 Å². The number of carbonyl (C=O) groups excluding carboxylic acids is 2. The van der Waals surface area contributed by atoms with Crippen LogP contribution in [0.1, 0.15) is 79.8 Å². The van der Waals surface area contributed by atoms with Gasteiger partial charge in [0.15, 0.2) is 5.82 Å². The molecule has 0 unspecified atom stereocenters. The molecule has 0 radical (unpaired) electrons. The van der Waals surface area contributed by atoms with Gasteiger partial charge in [-0.05, 0) is 79.9 Å². The van der Waals surface area contributed by atoms with Crippen LogP contribution >= 0.6 is 0 Å². The van der Waals surface area contributed by atoms with Gasteiger partial charge in [-0.25, -0.2) is 19.6 Å². The van der Waals surface area contributed by atoms with Crippen LogP contribution in [0.2, 0.25) is 0 Å². The summed E-state index contributed by atoms with van der Waals surface area (Å²) in [6.07, 6.45) is 4.30. The van der Waals surface area contributed by atoms with Crippen LogP contribution in [-0.4, -0.2) is 43.5 Å². The Labute approximate surface area is 228 Å². The lowest BCUT2D eigenvalue weighted by atomic mass is 9.93. The number of anilines is 2. The molecule has 3 heterocycles. The first-order valence-corrected chi connectivity index (χ1v) is 13.3. The Morgan fingerprint density at radius 1 is 1.03 bits per heavy atom. The monoisotopic (exact) mass is 535 g/mol. The highest BCUT2D eigenvalue weighted by molar-refractivity contribution is 6.16. The standard InChI is InChI=1S/C29H37N5O5/c1-27(2,3)38-25(35)34(26(36)39-28(4,5)6)24-21-19(14-33(16-9-10-16)23(21)31-15-32-24)17-11-12-20(30)22-18(17)13-29(7,8)37-22/h11-12,14-16H,9-10,13,30H2,1-8H3. The molecular weight excluding hydrogens is 498 g/mol. The molecule has 1 aliphatic carbocycles. The highest BCUT2D eigenvalue weighted by Crippen LogP contribution is 2.49. The van der Waals surface area contributed by atoms with Gasteiger partial charge in [0.05, 0.1) is 11.1 Å². The molecule has 208 valence electrons. The lowest BCUT2D eigenvalue weighted by molar-refractivity contribution is 0.0429. The van der Waals surface area contributed by atoms with Gasteiger partial charge in [0.1, 0.15) is 34.5 Å². The second-order valence-electron chi connectivity index (χ2n) is 12.9. The summed E-state index contributed by atoms with van der Waals surface area (Å²) < 4.78 is 19.6. The summed E-state index contributed by atoms with van der Waals surface area (Å²) in [7, 11) is 0. The van der Waals surface area contributed by atoms with Crippen molar-refractivity contribution in [1.29, 1.82) is 0 Å². The number of carbonyl (C=O) groups is 2. The van der Waals surface area contributed by atoms with Crippen LogP contribution in [0.4, 0.5) is 21.1 Å². The third-order valence-corrected chi connectivity index (χ3v) is 6.46. The van der Waals surface area contributed by atoms with Crippen LogP contribution in [0.25, 0.3) is 22.2 Å². The van der Waals surface area contributed by atoms with Crippen LogP contribution in [-0.2, 0) is 15.9 Å². The lowest BCUT2D eigenvalue weighted by Gasteiger charge is -2.28. The van der Waals surface area contributed by atoms with E-state index >= 15 is 0 Å². The minimum absolute atomic E-state index is 0.0988. The topological polar surface area (TPSA) is 122 Å². The van der Waals surface area contributed by atoms with E-state index in [1.54, 1.807) is 41.5 Å². The number of amides is 2. The number of fused-ring (bicyclic) bond motifs is 2. The molecule has 1 saturated carbocycles. The smallest absolute Gasteiger partial charge is 0.425 e. The van der Waals surface area contributed by atoms with Crippen molar-refractivity contribution in [3.63, 3.8) is 0 Å². The Morgan fingerprint density at radius 2 is 1.64 bits per heavy atom. The van der Waals surface area contributed by atoms with Gasteiger partial charge < -0.3 is 24.5 Å². The van der Waals surface area contributed by atoms with Crippen molar-refractivity contribution in [2.75, 3.05) is 10.6 Å². The quantitative estimate of drug-likeness (QED) is 0.382. The fourth-order valence-corrected chi connectivity index (χ4v) is 4.87. The van der Waals surface area contributed by atoms with Crippen LogP contribution in [0.5, 0.6) is 5.75 Å². The molecule has 0 bridgehead atoms. The highest BCUT2D eigenvalue weighted by Gasteiger charge is 2.39. The predicted octanol–water partition coefficient (Wildman–Crippen LogP) is 6.41. The Balaban J connectivity index is 1.76. The molecule has 1 aliphatic heterocycles. The molecule has 10 nitrogen and oxygen atoms in total. The van der Waals surface area contributed by atoms with Crippen LogP contribution in [0.15, 0.2) is 24.7 Å². The number of benzene rings is 1. The summed E-state index contributed by atoms with van der Waals surface area (Å²) in [5.41, 5.74) is 7.98. The summed E-state index contributed by atoms with van der Waals surface area (Å²) >= 11 is 0. The average molecular weight is 536 g/mol. The van der Waals surface area contributed by atoms with Gasteiger partial charge in [-0.2, -0.15) is 4.90 Å². The SMILES string of the molecule is CC(C)(C)OC(=O)N(C(=O)OC(C)(C)C)c1ncnc2c1c(-c1ccc(N)c3c1CC(C)(C)O3)cn2C1CC1. The van der Waals surface area contributed by atoms with Gasteiger partial charge in [0, 0.05) is 29.8 Å². The number of nitrogens with two attached hydrogens (primary N) is 1. The van der Waals surface area contributed by atoms with Crippen LogP contribution in [0, 0.1) is 0 Å². The first-order valence-electron chi connectivity index (χ1n) is 13.3. The molecular formula is C29H37N5O5. The molecule has 0 spiro atoms. The summed E-state index contributed by atoms with van der Waals surface area (Å²) in [6.45, 7) is 14.5. The number of hydrogen-bond acceptors (Lipinski definition) is 8. The van der Waals surface area contributed by atoms with Gasteiger partial charge in [-0.1, -0.05) is 6.07 Å². The van der Waals surface area contributed by atoms with Crippen molar-refractivity contribution < 1.29 is 23.8 Å². The zero-order valence-electron chi connectivity index (χ0n) is 23.9. The molecule has 0 saturated heterocycles. The zero-order chi connectivity index (χ0) is 28.5. The molecule has 5 rings (SSSR count). The molecule has 10 heteroatoms. The molecule has 1 aromatic carbocycles. The third-order valence-electron chi connectivity index (χ3n) is 6.46. The number of ether oxygens (including phenoxy) is 3. The van der Waals surface area contributed by atoms with Crippen LogP contribution < -0.4 is 15.4 Å². The van der Waals surface area contributed by atoms with Crippen molar-refractivity contribution in [3.05, 3.63) is 30.2 Å². The lowest BCUT2D eigenvalue weighted by Crippen LogP contribution is -2.44. The van der Waals surface area contributed by atoms with Crippen molar-refractivity contribution in [3.8, 4) is 16.9 Å². The number of rotatable bonds is 3. The number of nitrogens with zero attached hydrogens (tertiary/aromatic N) is 4. The number of nitrogen functional groups attached to an aromatic ring is 1. The molecule has 2 N–H and O–H groups in total. The van der Waals surface area contributed by atoms with Gasteiger partial charge in [0.2, 0.25) is 0 Å². The predicted molar refractivity (Wildman–Crippen MR) is 149 cm³/mol. The number of hydrogen-bond donors (Lipinski definition) is 1. The molecule has 2 amide bonds. The summed E-state index contributed by atoms with van der Waals surface area (Å²) in [5, 5.41) is 0.554. The van der Waals surface area contributed by atoms with E-state index in [1.807, 2.05) is 32.2 Å². The van der Waals surface area contributed by atoms with E-state index in [0.717, 1.165) is 34.4 Å². The Hall–Kier alpha value is -3.82. The maximum atomic E-state index is 13.5. The van der Waals surface area contributed by atoms with Gasteiger partial charge in [0.25, 0.3) is 0 Å². The fraction of sp³-hybridized carbons (Fsp3) is 0.517. The molecule has 39 heavy (non-hydrogen) atoms. The van der Waals surface area contributed by atoms with E-state index in [2.05, 4.69) is 14.5 Å². The second-order valence-corrected chi connectivity index (χ2v) is 12.9. The van der Waals surface area contributed by atoms with Crippen LogP contribution in [0.3, 0.4) is 0 Å². The average Bonchev–Trinajstić information content (AvgIpc) is 3.46. The maximum absolute atomic E-state index is 13.5. The van der Waals surface area contributed by atoms with E-state index in [1.165, 1.54) is 6.33 Å². The van der Waals surface area contributed by atoms with Crippen molar-refractivity contribution >= 4 is 34.7 Å². The molecule has 3 aromatic rings. The molecule has 0 atom stereocenters.